The second-order valence-electron chi connectivity index (χ2n) is 10.5. The molecule has 5 rings (SSSR count). The molecule has 0 N–H and O–H groups in total. The monoisotopic (exact) mass is 421 g/mol. The molecule has 4 nitrogen and oxygen atoms in total. The molecular formula is C27H39N3O. The van der Waals surface area contributed by atoms with Crippen molar-refractivity contribution in [3.8, 4) is 0 Å². The van der Waals surface area contributed by atoms with Crippen LogP contribution < -0.4 is 0 Å². The number of rotatable bonds is 5. The number of piperidine rings is 1. The van der Waals surface area contributed by atoms with Gasteiger partial charge in [-0.25, -0.2) is 4.99 Å². The summed E-state index contributed by atoms with van der Waals surface area (Å²) in [5.74, 6) is 1.62. The molecule has 2 atom stereocenters. The maximum absolute atomic E-state index is 12.9. The standard InChI is InChI=1S/C27H39N3O/c31-26-27(30(21-28-26)18-15-22-9-3-1-4-10-22)16-19-29(20-17-27)25-14-8-7-13-24(25)23-11-5-2-6-12-23/h2,5-6,11-12,21-22,24-25H,1,3-4,7-10,13-20H2/t24-,25-/m1/s1. The Labute approximate surface area is 188 Å². The van der Waals surface area contributed by atoms with E-state index in [9.17, 15) is 4.79 Å². The van der Waals surface area contributed by atoms with Gasteiger partial charge in [-0.05, 0) is 49.5 Å². The average Bonchev–Trinajstić information content (AvgIpc) is 3.14. The first kappa shape index (κ1) is 21.2. The van der Waals surface area contributed by atoms with Crippen LogP contribution in [0.15, 0.2) is 35.3 Å². The van der Waals surface area contributed by atoms with Gasteiger partial charge in [0.25, 0.3) is 5.91 Å². The number of carbonyl (C=O) groups excluding carboxylic acids is 1. The number of hydrogen-bond donors (Lipinski definition) is 0. The highest BCUT2D eigenvalue weighted by Gasteiger charge is 2.49. The average molecular weight is 422 g/mol. The molecule has 2 saturated carbocycles. The van der Waals surface area contributed by atoms with Crippen LogP contribution in [0.25, 0.3) is 0 Å². The van der Waals surface area contributed by atoms with E-state index in [-0.39, 0.29) is 11.4 Å². The fourth-order valence-electron chi connectivity index (χ4n) is 6.91. The van der Waals surface area contributed by atoms with Crippen molar-refractivity contribution in [3.63, 3.8) is 0 Å². The fourth-order valence-corrected chi connectivity index (χ4v) is 6.91. The molecular weight excluding hydrogens is 382 g/mol. The number of nitrogens with zero attached hydrogens (tertiary/aromatic N) is 3. The van der Waals surface area contributed by atoms with E-state index in [2.05, 4.69) is 45.1 Å². The summed E-state index contributed by atoms with van der Waals surface area (Å²) in [6.07, 6.45) is 17.2. The lowest BCUT2D eigenvalue weighted by Crippen LogP contribution is -2.58. The quantitative estimate of drug-likeness (QED) is 0.640. The van der Waals surface area contributed by atoms with E-state index in [1.54, 1.807) is 0 Å². The number of amides is 1. The van der Waals surface area contributed by atoms with E-state index in [0.29, 0.717) is 12.0 Å². The SMILES string of the molecule is O=C1N=CN(CCC2CCCCC2)C12CCN([C@@H]1CCCC[C@@H]1c1ccccc1)CC2. The zero-order valence-electron chi connectivity index (χ0n) is 19.1. The summed E-state index contributed by atoms with van der Waals surface area (Å²) in [4.78, 5) is 22.3. The van der Waals surface area contributed by atoms with Crippen LogP contribution in [0.4, 0.5) is 0 Å². The van der Waals surface area contributed by atoms with E-state index in [1.165, 1.54) is 69.8 Å². The lowest BCUT2D eigenvalue weighted by Gasteiger charge is -2.48. The highest BCUT2D eigenvalue weighted by atomic mass is 16.2. The minimum atomic E-state index is -0.345. The van der Waals surface area contributed by atoms with Crippen LogP contribution in [0.3, 0.4) is 0 Å². The zero-order valence-corrected chi connectivity index (χ0v) is 19.1. The largest absolute Gasteiger partial charge is 0.348 e. The van der Waals surface area contributed by atoms with Gasteiger partial charge in [-0.3, -0.25) is 9.69 Å². The third-order valence-corrected chi connectivity index (χ3v) is 8.82. The van der Waals surface area contributed by atoms with Crippen molar-refractivity contribution in [2.24, 2.45) is 10.9 Å². The first-order valence-corrected chi connectivity index (χ1v) is 12.9. The molecule has 1 aromatic rings. The summed E-state index contributed by atoms with van der Waals surface area (Å²) in [6.45, 7) is 3.07. The van der Waals surface area contributed by atoms with E-state index < -0.39 is 0 Å². The van der Waals surface area contributed by atoms with Crippen LogP contribution >= 0.6 is 0 Å². The van der Waals surface area contributed by atoms with Gasteiger partial charge in [-0.1, -0.05) is 75.3 Å². The Morgan fingerprint density at radius 3 is 2.39 bits per heavy atom. The van der Waals surface area contributed by atoms with Crippen LogP contribution in [-0.2, 0) is 4.79 Å². The van der Waals surface area contributed by atoms with E-state index in [0.717, 1.165) is 38.4 Å². The van der Waals surface area contributed by atoms with E-state index >= 15 is 0 Å². The number of aliphatic imine (C=N–C) groups is 1. The number of benzene rings is 1. The van der Waals surface area contributed by atoms with Gasteiger partial charge in [-0.2, -0.15) is 0 Å². The maximum atomic E-state index is 12.9. The Balaban J connectivity index is 1.23. The first-order chi connectivity index (χ1) is 15.3. The van der Waals surface area contributed by atoms with Gasteiger partial charge in [0.2, 0.25) is 0 Å². The number of carbonyl (C=O) groups is 1. The van der Waals surface area contributed by atoms with Gasteiger partial charge in [-0.15, -0.1) is 0 Å². The van der Waals surface area contributed by atoms with Crippen LogP contribution in [0.2, 0.25) is 0 Å². The highest BCUT2D eigenvalue weighted by molar-refractivity contribution is 5.98. The second-order valence-corrected chi connectivity index (χ2v) is 10.5. The van der Waals surface area contributed by atoms with Crippen molar-refractivity contribution in [3.05, 3.63) is 35.9 Å². The summed E-state index contributed by atoms with van der Waals surface area (Å²) in [7, 11) is 0. The zero-order chi connectivity index (χ0) is 21.1. The van der Waals surface area contributed by atoms with Crippen LogP contribution in [-0.4, -0.2) is 53.3 Å². The van der Waals surface area contributed by atoms with Gasteiger partial charge in [0.05, 0.1) is 6.34 Å². The summed E-state index contributed by atoms with van der Waals surface area (Å²) >= 11 is 0. The molecule has 2 heterocycles. The molecule has 2 aliphatic heterocycles. The third-order valence-electron chi connectivity index (χ3n) is 8.82. The molecule has 168 valence electrons. The predicted molar refractivity (Wildman–Crippen MR) is 126 cm³/mol. The Bertz CT molecular complexity index is 762. The first-order valence-electron chi connectivity index (χ1n) is 12.9. The molecule has 0 aromatic heterocycles. The maximum Gasteiger partial charge on any atom is 0.273 e. The molecule has 1 saturated heterocycles. The van der Waals surface area contributed by atoms with Crippen molar-refractivity contribution < 1.29 is 4.79 Å². The van der Waals surface area contributed by atoms with Crippen LogP contribution in [0.1, 0.15) is 88.5 Å². The molecule has 31 heavy (non-hydrogen) atoms. The smallest absolute Gasteiger partial charge is 0.273 e. The minimum absolute atomic E-state index is 0.124. The Hall–Kier alpha value is -1.68. The summed E-state index contributed by atoms with van der Waals surface area (Å²) in [5.41, 5.74) is 1.16. The number of likely N-dealkylation sites (tertiary alicyclic amines) is 1. The van der Waals surface area contributed by atoms with Crippen LogP contribution in [0.5, 0.6) is 0 Å². The van der Waals surface area contributed by atoms with Crippen molar-refractivity contribution >= 4 is 12.2 Å². The van der Waals surface area contributed by atoms with Gasteiger partial charge in [0.15, 0.2) is 0 Å². The lowest BCUT2D eigenvalue weighted by atomic mass is 9.77. The predicted octanol–water partition coefficient (Wildman–Crippen LogP) is 5.39. The normalized spacial score (nSPS) is 29.7. The highest BCUT2D eigenvalue weighted by Crippen LogP contribution is 2.40. The molecule has 4 aliphatic rings. The van der Waals surface area contributed by atoms with Crippen molar-refractivity contribution in [2.75, 3.05) is 19.6 Å². The van der Waals surface area contributed by atoms with Crippen molar-refractivity contribution in [2.45, 2.75) is 94.5 Å². The Morgan fingerprint density at radius 1 is 0.903 bits per heavy atom. The summed E-state index contributed by atoms with van der Waals surface area (Å²) < 4.78 is 0. The summed E-state index contributed by atoms with van der Waals surface area (Å²) in [5, 5.41) is 0. The van der Waals surface area contributed by atoms with Crippen molar-refractivity contribution in [1.82, 2.24) is 9.80 Å². The van der Waals surface area contributed by atoms with Gasteiger partial charge in [0.1, 0.15) is 5.54 Å². The van der Waals surface area contributed by atoms with E-state index in [4.69, 9.17) is 0 Å². The molecule has 0 bridgehead atoms. The molecule has 1 spiro atoms. The molecule has 4 heteroatoms. The topological polar surface area (TPSA) is 35.9 Å². The molecule has 3 fully saturated rings. The van der Waals surface area contributed by atoms with Crippen molar-refractivity contribution in [1.29, 1.82) is 0 Å². The molecule has 1 aromatic carbocycles. The lowest BCUT2D eigenvalue weighted by molar-refractivity contribution is -0.128. The van der Waals surface area contributed by atoms with Gasteiger partial charge < -0.3 is 4.90 Å². The Kier molecular flexibility index (Phi) is 6.45. The van der Waals surface area contributed by atoms with Gasteiger partial charge in [0, 0.05) is 25.7 Å². The Morgan fingerprint density at radius 2 is 1.61 bits per heavy atom. The second kappa shape index (κ2) is 9.44. The molecule has 0 radical (unpaired) electrons. The van der Waals surface area contributed by atoms with E-state index in [1.807, 2.05) is 6.34 Å². The summed E-state index contributed by atoms with van der Waals surface area (Å²) in [6, 6.07) is 11.8. The minimum Gasteiger partial charge on any atom is -0.348 e. The molecule has 2 aliphatic carbocycles. The molecule has 1 amide bonds. The van der Waals surface area contributed by atoms with Gasteiger partial charge >= 0.3 is 0 Å². The number of hydrogen-bond acceptors (Lipinski definition) is 3. The van der Waals surface area contributed by atoms with Crippen LogP contribution in [0, 0.1) is 5.92 Å². The third kappa shape index (κ3) is 4.33. The fraction of sp³-hybridized carbons (Fsp3) is 0.704. The molecule has 0 unspecified atom stereocenters.